The van der Waals surface area contributed by atoms with Crippen molar-refractivity contribution in [3.05, 3.63) is 62.6 Å². The Morgan fingerprint density at radius 3 is 2.26 bits per heavy atom. The second-order valence-electron chi connectivity index (χ2n) is 6.74. The highest BCUT2D eigenvalue weighted by molar-refractivity contribution is 7.80. The van der Waals surface area contributed by atoms with E-state index in [9.17, 15) is 14.4 Å². The van der Waals surface area contributed by atoms with Gasteiger partial charge in [0.25, 0.3) is 17.7 Å². The Morgan fingerprint density at radius 2 is 1.68 bits per heavy atom. The highest BCUT2D eigenvalue weighted by Crippen LogP contribution is 2.35. The molecule has 2 aromatic carbocycles. The van der Waals surface area contributed by atoms with Crippen LogP contribution in [0.15, 0.2) is 35.9 Å². The van der Waals surface area contributed by atoms with Crippen molar-refractivity contribution in [1.82, 2.24) is 10.6 Å². The minimum absolute atomic E-state index is 0.0639. The molecule has 0 aromatic heterocycles. The average molecular weight is 478 g/mol. The number of halogens is 2. The van der Waals surface area contributed by atoms with Crippen LogP contribution in [-0.4, -0.2) is 29.4 Å². The van der Waals surface area contributed by atoms with Crippen molar-refractivity contribution >= 4 is 70.0 Å². The Kier molecular flexibility index (Phi) is 6.94. The number of aryl methyl sites for hydroxylation is 2. The standard InChI is InChI=1S/C21H17Cl2N3O4S/c1-10-3-4-13(5-11(10)2)24-17(27)9-30-18-15(22)7-12(8-16(18)23)6-14-19(28)25-21(31)26-20(14)29/h3-8H,9H2,1-2H3,(H,24,27)(H2,25,26,28,29,31). The summed E-state index contributed by atoms with van der Waals surface area (Å²) in [5.41, 5.74) is 3.07. The number of hydrogen-bond donors (Lipinski definition) is 3. The Bertz CT molecular complexity index is 1100. The molecule has 0 saturated carbocycles. The van der Waals surface area contributed by atoms with Crippen molar-refractivity contribution < 1.29 is 19.1 Å². The fraction of sp³-hybridized carbons (Fsp3) is 0.143. The van der Waals surface area contributed by atoms with E-state index in [1.165, 1.54) is 18.2 Å². The molecule has 0 aliphatic carbocycles. The van der Waals surface area contributed by atoms with Gasteiger partial charge in [-0.25, -0.2) is 0 Å². The summed E-state index contributed by atoms with van der Waals surface area (Å²) in [5, 5.41) is 7.58. The number of benzene rings is 2. The third-order valence-corrected chi connectivity index (χ3v) is 5.18. The van der Waals surface area contributed by atoms with Crippen LogP contribution in [0.25, 0.3) is 6.08 Å². The van der Waals surface area contributed by atoms with Gasteiger partial charge in [-0.2, -0.15) is 0 Å². The van der Waals surface area contributed by atoms with Gasteiger partial charge in [-0.15, -0.1) is 0 Å². The van der Waals surface area contributed by atoms with Crippen LogP contribution in [0.3, 0.4) is 0 Å². The molecule has 0 bridgehead atoms. The minimum Gasteiger partial charge on any atom is -0.481 e. The maximum absolute atomic E-state index is 12.2. The molecular formula is C21H17Cl2N3O4S. The maximum atomic E-state index is 12.2. The lowest BCUT2D eigenvalue weighted by Crippen LogP contribution is -2.51. The van der Waals surface area contributed by atoms with Crippen LogP contribution in [0, 0.1) is 13.8 Å². The third-order valence-electron chi connectivity index (χ3n) is 4.41. The van der Waals surface area contributed by atoms with Gasteiger partial charge in [0, 0.05) is 5.69 Å². The summed E-state index contributed by atoms with van der Waals surface area (Å²) in [5.74, 6) is -1.54. The zero-order valence-corrected chi connectivity index (χ0v) is 18.8. The average Bonchev–Trinajstić information content (AvgIpc) is 2.67. The molecule has 1 saturated heterocycles. The molecule has 3 amide bonds. The predicted molar refractivity (Wildman–Crippen MR) is 123 cm³/mol. The van der Waals surface area contributed by atoms with Gasteiger partial charge in [0.2, 0.25) is 0 Å². The van der Waals surface area contributed by atoms with E-state index in [-0.39, 0.29) is 39.0 Å². The lowest BCUT2D eigenvalue weighted by Gasteiger charge is -2.16. The van der Waals surface area contributed by atoms with Gasteiger partial charge in [-0.05, 0) is 73.1 Å². The molecule has 0 atom stereocenters. The fourth-order valence-corrected chi connectivity index (χ4v) is 3.53. The van der Waals surface area contributed by atoms with E-state index in [1.54, 1.807) is 6.07 Å². The number of amides is 3. The highest BCUT2D eigenvalue weighted by Gasteiger charge is 2.26. The molecule has 1 aliphatic rings. The molecule has 10 heteroatoms. The molecule has 0 unspecified atom stereocenters. The summed E-state index contributed by atoms with van der Waals surface area (Å²) in [6.45, 7) is 3.62. The van der Waals surface area contributed by atoms with Crippen LogP contribution in [0.1, 0.15) is 16.7 Å². The quantitative estimate of drug-likeness (QED) is 0.347. The van der Waals surface area contributed by atoms with Gasteiger partial charge in [-0.1, -0.05) is 29.3 Å². The Labute approximate surface area is 193 Å². The van der Waals surface area contributed by atoms with Crippen molar-refractivity contribution in [2.24, 2.45) is 0 Å². The second-order valence-corrected chi connectivity index (χ2v) is 7.97. The first-order valence-electron chi connectivity index (χ1n) is 9.01. The van der Waals surface area contributed by atoms with Crippen LogP contribution < -0.4 is 20.7 Å². The smallest absolute Gasteiger partial charge is 0.263 e. The largest absolute Gasteiger partial charge is 0.481 e. The van der Waals surface area contributed by atoms with Gasteiger partial charge < -0.3 is 10.1 Å². The van der Waals surface area contributed by atoms with Crippen LogP contribution >= 0.6 is 35.4 Å². The fourth-order valence-electron chi connectivity index (χ4n) is 2.73. The van der Waals surface area contributed by atoms with E-state index in [0.29, 0.717) is 11.3 Å². The monoisotopic (exact) mass is 477 g/mol. The molecule has 1 fully saturated rings. The topological polar surface area (TPSA) is 96.5 Å². The highest BCUT2D eigenvalue weighted by atomic mass is 35.5. The summed E-state index contributed by atoms with van der Waals surface area (Å²) in [4.78, 5) is 36.1. The number of ether oxygens (including phenoxy) is 1. The zero-order valence-electron chi connectivity index (χ0n) is 16.5. The van der Waals surface area contributed by atoms with Gasteiger partial charge in [-0.3, -0.25) is 25.0 Å². The lowest BCUT2D eigenvalue weighted by molar-refractivity contribution is -0.123. The van der Waals surface area contributed by atoms with Crippen molar-refractivity contribution in [1.29, 1.82) is 0 Å². The van der Waals surface area contributed by atoms with E-state index < -0.39 is 11.8 Å². The summed E-state index contributed by atoms with van der Waals surface area (Å²) >= 11 is 17.2. The lowest BCUT2D eigenvalue weighted by atomic mass is 10.1. The summed E-state index contributed by atoms with van der Waals surface area (Å²) < 4.78 is 5.48. The van der Waals surface area contributed by atoms with Crippen molar-refractivity contribution in [2.45, 2.75) is 13.8 Å². The number of nitrogens with one attached hydrogen (secondary N) is 3. The Balaban J connectivity index is 1.70. The number of thiocarbonyl (C=S) groups is 1. The van der Waals surface area contributed by atoms with E-state index in [0.717, 1.165) is 11.1 Å². The zero-order chi connectivity index (χ0) is 22.7. The van der Waals surface area contributed by atoms with Crippen LogP contribution in [0.5, 0.6) is 5.75 Å². The van der Waals surface area contributed by atoms with Gasteiger partial charge in [0.15, 0.2) is 17.5 Å². The molecule has 3 rings (SSSR count). The second kappa shape index (κ2) is 9.47. The number of carbonyl (C=O) groups excluding carboxylic acids is 3. The van der Waals surface area contributed by atoms with E-state index in [4.69, 9.17) is 40.2 Å². The number of anilines is 1. The van der Waals surface area contributed by atoms with Gasteiger partial charge in [0.05, 0.1) is 10.0 Å². The first-order valence-corrected chi connectivity index (χ1v) is 10.2. The van der Waals surface area contributed by atoms with E-state index in [2.05, 4.69) is 16.0 Å². The molecule has 1 heterocycles. The molecule has 0 radical (unpaired) electrons. The minimum atomic E-state index is -0.635. The number of hydrogen-bond acceptors (Lipinski definition) is 5. The van der Waals surface area contributed by atoms with Crippen LogP contribution in [-0.2, 0) is 14.4 Å². The summed E-state index contributed by atoms with van der Waals surface area (Å²) in [7, 11) is 0. The van der Waals surface area contributed by atoms with Gasteiger partial charge >= 0.3 is 0 Å². The molecule has 31 heavy (non-hydrogen) atoms. The summed E-state index contributed by atoms with van der Waals surface area (Å²) in [6, 6.07) is 8.49. The molecule has 1 aliphatic heterocycles. The van der Waals surface area contributed by atoms with Crippen molar-refractivity contribution in [2.75, 3.05) is 11.9 Å². The SMILES string of the molecule is Cc1ccc(NC(=O)COc2c(Cl)cc(C=C3C(=O)NC(=S)NC3=O)cc2Cl)cc1C. The molecule has 7 nitrogen and oxygen atoms in total. The molecule has 0 spiro atoms. The molecule has 2 aromatic rings. The predicted octanol–water partition coefficient (Wildman–Crippen LogP) is 3.54. The first-order chi connectivity index (χ1) is 14.6. The van der Waals surface area contributed by atoms with Crippen molar-refractivity contribution in [3.63, 3.8) is 0 Å². The maximum Gasteiger partial charge on any atom is 0.263 e. The van der Waals surface area contributed by atoms with E-state index in [1.807, 2.05) is 26.0 Å². The number of rotatable bonds is 5. The molecule has 160 valence electrons. The van der Waals surface area contributed by atoms with Crippen LogP contribution in [0.4, 0.5) is 5.69 Å². The summed E-state index contributed by atoms with van der Waals surface area (Å²) in [6.07, 6.45) is 1.32. The van der Waals surface area contributed by atoms with Crippen LogP contribution in [0.2, 0.25) is 10.0 Å². The first kappa shape index (κ1) is 22.7. The Hall–Kier alpha value is -2.94. The normalized spacial score (nSPS) is 13.4. The third kappa shape index (κ3) is 5.61. The molecule has 3 N–H and O–H groups in total. The number of carbonyl (C=O) groups is 3. The Morgan fingerprint density at radius 1 is 1.06 bits per heavy atom. The molecular weight excluding hydrogens is 461 g/mol. The van der Waals surface area contributed by atoms with Crippen molar-refractivity contribution in [3.8, 4) is 5.75 Å². The van der Waals surface area contributed by atoms with Gasteiger partial charge in [0.1, 0.15) is 5.57 Å². The van der Waals surface area contributed by atoms with E-state index >= 15 is 0 Å².